The molecule has 4 aromatic heterocycles. The van der Waals surface area contributed by atoms with Gasteiger partial charge in [0.25, 0.3) is 0 Å². The molecular formula is C41H36N6O6. The van der Waals surface area contributed by atoms with Gasteiger partial charge in [-0.25, -0.2) is 19.0 Å². The van der Waals surface area contributed by atoms with Crippen molar-refractivity contribution in [1.82, 2.24) is 29.5 Å². The van der Waals surface area contributed by atoms with E-state index < -0.39 is 11.9 Å². The molecule has 53 heavy (non-hydrogen) atoms. The summed E-state index contributed by atoms with van der Waals surface area (Å²) in [5.74, 6) is -0.206. The Hall–Kier alpha value is -7.08. The van der Waals surface area contributed by atoms with Gasteiger partial charge in [0.15, 0.2) is 11.4 Å². The average Bonchev–Trinajstić information content (AvgIpc) is 3.86. The predicted octanol–water partition coefficient (Wildman–Crippen LogP) is 7.51. The molecule has 0 aliphatic carbocycles. The van der Waals surface area contributed by atoms with Gasteiger partial charge in [0, 0.05) is 12.1 Å². The topological polar surface area (TPSA) is 143 Å². The Morgan fingerprint density at radius 1 is 0.604 bits per heavy atom. The molecule has 0 bridgehead atoms. The zero-order valence-corrected chi connectivity index (χ0v) is 29.1. The van der Waals surface area contributed by atoms with E-state index in [0.717, 1.165) is 16.9 Å². The van der Waals surface area contributed by atoms with E-state index in [9.17, 15) is 14.7 Å². The fourth-order valence-electron chi connectivity index (χ4n) is 5.16. The highest BCUT2D eigenvalue weighted by molar-refractivity contribution is 5.89. The van der Waals surface area contributed by atoms with Crippen LogP contribution in [0.3, 0.4) is 0 Å². The van der Waals surface area contributed by atoms with Crippen molar-refractivity contribution in [3.05, 3.63) is 157 Å². The third-order valence-corrected chi connectivity index (χ3v) is 7.65. The number of aromatic hydroxyl groups is 1. The number of nitrogens with zero attached hydrogens (tertiary/aromatic N) is 6. The number of aromatic nitrogens is 6. The standard InChI is InChI=1S/C24H21N3O3.C17H15N3O3/c1-2-29-24(28)22-15-23(27(26-22)19-11-7-4-8-12-19)21-14-13-20(16-25-21)30-17-18-9-5-3-6-10-18;1-2-23-17(22)15-10-16(14-9-8-13(21)11-18-14)20(19-15)12-6-4-3-5-7-12/h3-16H,2,17H2,1H3;3-11,21H,2H2,1H3. The molecule has 266 valence electrons. The highest BCUT2D eigenvalue weighted by atomic mass is 16.5. The van der Waals surface area contributed by atoms with Crippen molar-refractivity contribution in [2.75, 3.05) is 13.2 Å². The molecule has 3 aromatic carbocycles. The Morgan fingerprint density at radius 2 is 1.08 bits per heavy atom. The summed E-state index contributed by atoms with van der Waals surface area (Å²) in [4.78, 5) is 32.9. The minimum Gasteiger partial charge on any atom is -0.506 e. The van der Waals surface area contributed by atoms with Gasteiger partial charge in [-0.2, -0.15) is 10.2 Å². The molecule has 12 heteroatoms. The van der Waals surface area contributed by atoms with Crippen LogP contribution in [-0.2, 0) is 16.1 Å². The summed E-state index contributed by atoms with van der Waals surface area (Å²) < 4.78 is 19.3. The molecule has 0 amide bonds. The van der Waals surface area contributed by atoms with Crippen LogP contribution >= 0.6 is 0 Å². The Labute approximate surface area is 305 Å². The SMILES string of the molecule is CCOC(=O)c1cc(-c2ccc(O)cn2)n(-c2ccccc2)n1.CCOC(=O)c1cc(-c2ccc(OCc3ccccc3)cn2)n(-c2ccccc2)n1. The van der Waals surface area contributed by atoms with Crippen molar-refractivity contribution in [3.63, 3.8) is 0 Å². The molecule has 7 rings (SSSR count). The molecular weight excluding hydrogens is 672 g/mol. The number of rotatable bonds is 11. The summed E-state index contributed by atoms with van der Waals surface area (Å²) in [7, 11) is 0. The van der Waals surface area contributed by atoms with E-state index in [4.69, 9.17) is 14.2 Å². The van der Waals surface area contributed by atoms with Gasteiger partial charge in [-0.15, -0.1) is 0 Å². The lowest BCUT2D eigenvalue weighted by Gasteiger charge is -2.09. The van der Waals surface area contributed by atoms with Crippen LogP contribution in [0.1, 0.15) is 40.4 Å². The van der Waals surface area contributed by atoms with E-state index >= 15 is 0 Å². The van der Waals surface area contributed by atoms with Crippen LogP contribution in [0.25, 0.3) is 34.2 Å². The van der Waals surface area contributed by atoms with Crippen LogP contribution in [-0.4, -0.2) is 59.8 Å². The Morgan fingerprint density at radius 3 is 1.51 bits per heavy atom. The van der Waals surface area contributed by atoms with Gasteiger partial charge in [0.2, 0.25) is 0 Å². The van der Waals surface area contributed by atoms with E-state index in [1.807, 2.05) is 103 Å². The lowest BCUT2D eigenvalue weighted by Crippen LogP contribution is -2.06. The summed E-state index contributed by atoms with van der Waals surface area (Å²) in [5, 5.41) is 18.2. The summed E-state index contributed by atoms with van der Waals surface area (Å²) >= 11 is 0. The third-order valence-electron chi connectivity index (χ3n) is 7.65. The Kier molecular flexibility index (Phi) is 11.6. The van der Waals surface area contributed by atoms with E-state index in [0.29, 0.717) is 35.1 Å². The van der Waals surface area contributed by atoms with Crippen molar-refractivity contribution < 1.29 is 28.9 Å². The first-order chi connectivity index (χ1) is 25.9. The fraction of sp³-hybridized carbons (Fsp3) is 0.122. The third kappa shape index (κ3) is 8.99. The van der Waals surface area contributed by atoms with Gasteiger partial charge < -0.3 is 19.3 Å². The second-order valence-electron chi connectivity index (χ2n) is 11.3. The first kappa shape index (κ1) is 35.7. The molecule has 12 nitrogen and oxygen atoms in total. The van der Waals surface area contributed by atoms with E-state index in [1.54, 1.807) is 47.6 Å². The normalized spacial score (nSPS) is 10.5. The zero-order valence-electron chi connectivity index (χ0n) is 29.1. The van der Waals surface area contributed by atoms with Crippen LogP contribution < -0.4 is 4.74 Å². The quantitative estimate of drug-likeness (QED) is 0.134. The van der Waals surface area contributed by atoms with Crippen molar-refractivity contribution in [1.29, 1.82) is 0 Å². The maximum atomic E-state index is 12.2. The van der Waals surface area contributed by atoms with E-state index in [1.165, 1.54) is 12.3 Å². The molecule has 0 aliphatic rings. The van der Waals surface area contributed by atoms with Crippen molar-refractivity contribution in [3.8, 4) is 45.6 Å². The van der Waals surface area contributed by atoms with Crippen molar-refractivity contribution in [2.24, 2.45) is 0 Å². The van der Waals surface area contributed by atoms with Gasteiger partial charge >= 0.3 is 11.9 Å². The number of benzene rings is 3. The summed E-state index contributed by atoms with van der Waals surface area (Å²) in [6.45, 7) is 4.55. The monoisotopic (exact) mass is 708 g/mol. The molecule has 0 aliphatic heterocycles. The number of ether oxygens (including phenoxy) is 3. The molecule has 0 saturated heterocycles. The largest absolute Gasteiger partial charge is 0.506 e. The molecule has 0 unspecified atom stereocenters. The smallest absolute Gasteiger partial charge is 0.358 e. The van der Waals surface area contributed by atoms with Gasteiger partial charge in [-0.3, -0.25) is 9.97 Å². The number of pyridine rings is 2. The number of carbonyl (C=O) groups is 2. The summed E-state index contributed by atoms with van der Waals surface area (Å²) in [6, 6.07) is 39.2. The van der Waals surface area contributed by atoms with E-state index in [-0.39, 0.29) is 30.4 Å². The van der Waals surface area contributed by atoms with Crippen LogP contribution in [0, 0.1) is 0 Å². The lowest BCUT2D eigenvalue weighted by molar-refractivity contribution is 0.0509. The van der Waals surface area contributed by atoms with Crippen LogP contribution in [0.15, 0.2) is 140 Å². The summed E-state index contributed by atoms with van der Waals surface area (Å²) in [5.41, 5.74) is 5.76. The number of hydrogen-bond acceptors (Lipinski definition) is 10. The number of esters is 2. The van der Waals surface area contributed by atoms with E-state index in [2.05, 4.69) is 20.2 Å². The zero-order chi connectivity index (χ0) is 37.0. The van der Waals surface area contributed by atoms with Gasteiger partial charge in [0.05, 0.1) is 59.8 Å². The first-order valence-electron chi connectivity index (χ1n) is 16.9. The first-order valence-corrected chi connectivity index (χ1v) is 16.9. The van der Waals surface area contributed by atoms with Crippen molar-refractivity contribution >= 4 is 11.9 Å². The van der Waals surface area contributed by atoms with Crippen LogP contribution in [0.4, 0.5) is 0 Å². The van der Waals surface area contributed by atoms with Gasteiger partial charge in [-0.1, -0.05) is 66.7 Å². The summed E-state index contributed by atoms with van der Waals surface area (Å²) in [6.07, 6.45) is 3.02. The maximum Gasteiger partial charge on any atom is 0.358 e. The highest BCUT2D eigenvalue weighted by Crippen LogP contribution is 2.26. The van der Waals surface area contributed by atoms with Crippen LogP contribution in [0.5, 0.6) is 11.5 Å². The Balaban J connectivity index is 0.000000188. The molecule has 0 spiro atoms. The van der Waals surface area contributed by atoms with Crippen LogP contribution in [0.2, 0.25) is 0 Å². The molecule has 0 radical (unpaired) electrons. The molecule has 0 atom stereocenters. The second-order valence-corrected chi connectivity index (χ2v) is 11.3. The number of carbonyl (C=O) groups excluding carboxylic acids is 2. The molecule has 0 saturated carbocycles. The average molecular weight is 709 g/mol. The Bertz CT molecular complexity index is 2240. The number of para-hydroxylation sites is 2. The second kappa shape index (κ2) is 17.2. The van der Waals surface area contributed by atoms with Gasteiger partial charge in [0.1, 0.15) is 18.1 Å². The highest BCUT2D eigenvalue weighted by Gasteiger charge is 2.20. The molecule has 7 aromatic rings. The predicted molar refractivity (Wildman–Crippen MR) is 198 cm³/mol. The maximum absolute atomic E-state index is 12.2. The number of hydrogen-bond donors (Lipinski definition) is 1. The molecule has 0 fully saturated rings. The lowest BCUT2D eigenvalue weighted by atomic mass is 10.2. The minimum absolute atomic E-state index is 0.0742. The fourth-order valence-corrected chi connectivity index (χ4v) is 5.16. The minimum atomic E-state index is -0.484. The van der Waals surface area contributed by atoms with Gasteiger partial charge in [-0.05, 0) is 67.9 Å². The van der Waals surface area contributed by atoms with Crippen molar-refractivity contribution in [2.45, 2.75) is 20.5 Å². The molecule has 1 N–H and O–H groups in total. The molecule has 4 heterocycles.